The highest BCUT2D eigenvalue weighted by Gasteiger charge is 2.15. The highest BCUT2D eigenvalue weighted by Crippen LogP contribution is 2.13. The Balaban J connectivity index is 1.80. The standard InChI is InChI=1S/C22H18N4O4S/c1-3-29-21(28)19-25-26(16-10-5-4-6-11-16)22(31-19)24-23-14(2)17-13-15-9-7-8-12-18(15)30-20(17)27/h4-13H,3H2,1-2H3/b23-14+,24-22-. The first-order valence-corrected chi connectivity index (χ1v) is 10.3. The summed E-state index contributed by atoms with van der Waals surface area (Å²) in [7, 11) is 0. The van der Waals surface area contributed by atoms with E-state index in [0.717, 1.165) is 16.7 Å². The van der Waals surface area contributed by atoms with Crippen LogP contribution in [-0.2, 0) is 4.74 Å². The average Bonchev–Trinajstić information content (AvgIpc) is 3.22. The van der Waals surface area contributed by atoms with Crippen molar-refractivity contribution in [3.63, 3.8) is 0 Å². The molecule has 2 aromatic carbocycles. The van der Waals surface area contributed by atoms with Gasteiger partial charge in [0.25, 0.3) is 0 Å². The van der Waals surface area contributed by atoms with Crippen LogP contribution in [0.4, 0.5) is 0 Å². The van der Waals surface area contributed by atoms with E-state index in [4.69, 9.17) is 9.15 Å². The van der Waals surface area contributed by atoms with Crippen molar-refractivity contribution in [3.8, 4) is 5.69 Å². The quantitative estimate of drug-likeness (QED) is 0.207. The summed E-state index contributed by atoms with van der Waals surface area (Å²) in [6.45, 7) is 3.64. The van der Waals surface area contributed by atoms with E-state index in [-0.39, 0.29) is 11.6 Å². The Bertz CT molecular complexity index is 1400. The van der Waals surface area contributed by atoms with E-state index in [1.165, 1.54) is 4.68 Å². The van der Waals surface area contributed by atoms with Crippen molar-refractivity contribution >= 4 is 34.0 Å². The second-order valence-corrected chi connectivity index (χ2v) is 7.38. The third kappa shape index (κ3) is 4.36. The van der Waals surface area contributed by atoms with Gasteiger partial charge < -0.3 is 9.15 Å². The van der Waals surface area contributed by atoms with E-state index in [2.05, 4.69) is 15.3 Å². The van der Waals surface area contributed by atoms with Crippen molar-refractivity contribution in [1.82, 2.24) is 9.78 Å². The number of fused-ring (bicyclic) bond motifs is 1. The van der Waals surface area contributed by atoms with E-state index in [1.54, 1.807) is 32.0 Å². The van der Waals surface area contributed by atoms with Crippen LogP contribution in [0.2, 0.25) is 0 Å². The molecule has 0 saturated heterocycles. The van der Waals surface area contributed by atoms with Crippen LogP contribution in [0.1, 0.15) is 29.2 Å². The Labute approximate surface area is 180 Å². The van der Waals surface area contributed by atoms with Crippen molar-refractivity contribution in [3.05, 3.63) is 86.5 Å². The molecule has 0 aliphatic carbocycles. The van der Waals surface area contributed by atoms with Gasteiger partial charge in [-0.3, -0.25) is 0 Å². The normalized spacial score (nSPS) is 12.3. The minimum absolute atomic E-state index is 0.155. The van der Waals surface area contributed by atoms with E-state index >= 15 is 0 Å². The molecule has 0 atom stereocenters. The molecule has 0 amide bonds. The van der Waals surface area contributed by atoms with E-state index in [1.807, 2.05) is 42.5 Å². The van der Waals surface area contributed by atoms with Gasteiger partial charge in [-0.05, 0) is 38.1 Å². The fraction of sp³-hybridized carbons (Fsp3) is 0.136. The molecule has 4 aromatic rings. The lowest BCUT2D eigenvalue weighted by Gasteiger charge is -2.01. The number of nitrogens with zero attached hydrogens (tertiary/aromatic N) is 4. The van der Waals surface area contributed by atoms with E-state index < -0.39 is 11.6 Å². The van der Waals surface area contributed by atoms with Crippen LogP contribution in [0.3, 0.4) is 0 Å². The zero-order chi connectivity index (χ0) is 21.8. The van der Waals surface area contributed by atoms with Crippen LogP contribution in [0.15, 0.2) is 80.1 Å². The molecule has 0 bridgehead atoms. The van der Waals surface area contributed by atoms with Crippen molar-refractivity contribution < 1.29 is 13.9 Å². The van der Waals surface area contributed by atoms with Crippen molar-refractivity contribution in [2.75, 3.05) is 6.61 Å². The van der Waals surface area contributed by atoms with Gasteiger partial charge in [0, 0.05) is 5.39 Å². The number of benzene rings is 2. The third-order valence-electron chi connectivity index (χ3n) is 4.33. The largest absolute Gasteiger partial charge is 0.461 e. The van der Waals surface area contributed by atoms with Gasteiger partial charge >= 0.3 is 11.6 Å². The number of ether oxygens (including phenoxy) is 1. The van der Waals surface area contributed by atoms with Crippen LogP contribution < -0.4 is 10.4 Å². The molecule has 0 spiro atoms. The average molecular weight is 434 g/mol. The molecule has 0 saturated carbocycles. The molecule has 2 aromatic heterocycles. The Hall–Kier alpha value is -3.85. The summed E-state index contributed by atoms with van der Waals surface area (Å²) in [5, 5.41) is 13.7. The van der Waals surface area contributed by atoms with Gasteiger partial charge in [0.2, 0.25) is 9.81 Å². The molecule has 31 heavy (non-hydrogen) atoms. The van der Waals surface area contributed by atoms with Crippen LogP contribution in [0.25, 0.3) is 16.7 Å². The summed E-state index contributed by atoms with van der Waals surface area (Å²) in [4.78, 5) is 24.9. The lowest BCUT2D eigenvalue weighted by Crippen LogP contribution is -2.15. The zero-order valence-electron chi connectivity index (χ0n) is 16.8. The predicted octanol–water partition coefficient (Wildman–Crippen LogP) is 3.54. The summed E-state index contributed by atoms with van der Waals surface area (Å²) in [6, 6.07) is 18.2. The summed E-state index contributed by atoms with van der Waals surface area (Å²) < 4.78 is 11.9. The number of para-hydroxylation sites is 2. The lowest BCUT2D eigenvalue weighted by atomic mass is 10.1. The maximum atomic E-state index is 12.4. The molecule has 8 nitrogen and oxygen atoms in total. The first-order valence-electron chi connectivity index (χ1n) is 9.51. The van der Waals surface area contributed by atoms with Gasteiger partial charge in [0.1, 0.15) is 5.58 Å². The predicted molar refractivity (Wildman–Crippen MR) is 118 cm³/mol. The molecular weight excluding hydrogens is 416 g/mol. The van der Waals surface area contributed by atoms with Gasteiger partial charge in [-0.15, -0.1) is 10.2 Å². The number of hydrogen-bond donors (Lipinski definition) is 0. The molecule has 9 heteroatoms. The molecule has 156 valence electrons. The van der Waals surface area contributed by atoms with Gasteiger partial charge in [-0.1, -0.05) is 47.7 Å². The monoisotopic (exact) mass is 434 g/mol. The number of aromatic nitrogens is 2. The summed E-state index contributed by atoms with van der Waals surface area (Å²) in [5.41, 5.74) is 1.41. The van der Waals surface area contributed by atoms with Crippen LogP contribution in [-0.4, -0.2) is 28.1 Å². The van der Waals surface area contributed by atoms with Gasteiger partial charge in [0.05, 0.1) is 23.6 Å². The first kappa shape index (κ1) is 20.4. The van der Waals surface area contributed by atoms with Crippen LogP contribution in [0, 0.1) is 0 Å². The van der Waals surface area contributed by atoms with E-state index in [9.17, 15) is 9.59 Å². The van der Waals surface area contributed by atoms with Crippen LogP contribution >= 0.6 is 11.3 Å². The molecule has 0 aliphatic rings. The van der Waals surface area contributed by atoms with Gasteiger partial charge in [0.15, 0.2) is 0 Å². The Kier molecular flexibility index (Phi) is 5.85. The van der Waals surface area contributed by atoms with Crippen molar-refractivity contribution in [2.45, 2.75) is 13.8 Å². The molecule has 0 unspecified atom stereocenters. The molecule has 0 aliphatic heterocycles. The Morgan fingerprint density at radius 1 is 1.16 bits per heavy atom. The zero-order valence-corrected chi connectivity index (χ0v) is 17.6. The number of rotatable bonds is 5. The van der Waals surface area contributed by atoms with Crippen molar-refractivity contribution in [2.24, 2.45) is 10.2 Å². The van der Waals surface area contributed by atoms with Gasteiger partial charge in [-0.25, -0.2) is 14.3 Å². The molecule has 0 N–H and O–H groups in total. The Morgan fingerprint density at radius 3 is 2.68 bits per heavy atom. The highest BCUT2D eigenvalue weighted by atomic mass is 32.1. The van der Waals surface area contributed by atoms with E-state index in [0.29, 0.717) is 27.3 Å². The topological polar surface area (TPSA) is 99.1 Å². The van der Waals surface area contributed by atoms with Gasteiger partial charge in [-0.2, -0.15) is 5.10 Å². The lowest BCUT2D eigenvalue weighted by molar-refractivity contribution is 0.0524. The molecular formula is C22H18N4O4S. The van der Waals surface area contributed by atoms with Crippen LogP contribution in [0.5, 0.6) is 0 Å². The molecule has 0 radical (unpaired) electrons. The summed E-state index contributed by atoms with van der Waals surface area (Å²) in [6.07, 6.45) is 0. The molecule has 4 rings (SSSR count). The SMILES string of the molecule is CCOC(=O)c1nn(-c2ccccc2)/c(=N/N=C(\C)c2cc3ccccc3oc2=O)s1. The minimum atomic E-state index is -0.533. The highest BCUT2D eigenvalue weighted by molar-refractivity contribution is 7.10. The molecule has 0 fully saturated rings. The minimum Gasteiger partial charge on any atom is -0.461 e. The third-order valence-corrected chi connectivity index (χ3v) is 5.21. The number of hydrogen-bond acceptors (Lipinski definition) is 8. The Morgan fingerprint density at radius 2 is 1.90 bits per heavy atom. The molecule has 2 heterocycles. The summed E-state index contributed by atoms with van der Waals surface area (Å²) >= 11 is 1.05. The summed E-state index contributed by atoms with van der Waals surface area (Å²) in [5.74, 6) is -0.533. The fourth-order valence-electron chi connectivity index (χ4n) is 2.84. The number of carbonyl (C=O) groups excluding carboxylic acids is 1. The smallest absolute Gasteiger partial charge is 0.369 e. The second-order valence-electron chi connectivity index (χ2n) is 6.43. The van der Waals surface area contributed by atoms with Crippen molar-refractivity contribution in [1.29, 1.82) is 0 Å². The first-order chi connectivity index (χ1) is 15.1. The maximum Gasteiger partial charge on any atom is 0.369 e. The fourth-order valence-corrected chi connectivity index (χ4v) is 3.60. The number of esters is 1. The second kappa shape index (κ2) is 8.88. The number of carbonyl (C=O) groups is 1. The maximum absolute atomic E-state index is 12.4.